The predicted molar refractivity (Wildman–Crippen MR) is 88.7 cm³/mol. The van der Waals surface area contributed by atoms with E-state index in [1.54, 1.807) is 5.57 Å². The molecular weight excluding hydrogens is 242 g/mol. The Kier molecular flexibility index (Phi) is 5.00. The van der Waals surface area contributed by atoms with Crippen LogP contribution in [0.25, 0.3) is 0 Å². The minimum Gasteiger partial charge on any atom is -0.325 e. The lowest BCUT2D eigenvalue weighted by atomic mass is 9.49. The van der Waals surface area contributed by atoms with Gasteiger partial charge in [-0.1, -0.05) is 46.1 Å². The summed E-state index contributed by atoms with van der Waals surface area (Å²) in [6.45, 7) is 9.91. The number of quaternary nitrogens is 1. The molecule has 0 aliphatic heterocycles. The van der Waals surface area contributed by atoms with Crippen LogP contribution in [0.2, 0.25) is 0 Å². The molecule has 0 unspecified atom stereocenters. The van der Waals surface area contributed by atoms with Crippen molar-refractivity contribution in [3.8, 4) is 0 Å². The second-order valence-corrected chi connectivity index (χ2v) is 8.55. The molecule has 0 N–H and O–H groups in total. The zero-order chi connectivity index (χ0) is 14.8. The second-order valence-electron chi connectivity index (χ2n) is 8.55. The van der Waals surface area contributed by atoms with Crippen molar-refractivity contribution in [2.45, 2.75) is 65.7 Å². The van der Waals surface area contributed by atoms with Crippen molar-refractivity contribution in [2.75, 3.05) is 27.2 Å². The summed E-state index contributed by atoms with van der Waals surface area (Å²) in [6.07, 6.45) is 12.4. The first-order valence-electron chi connectivity index (χ1n) is 8.88. The van der Waals surface area contributed by atoms with Gasteiger partial charge in [-0.15, -0.1) is 0 Å². The largest absolute Gasteiger partial charge is 0.325 e. The van der Waals surface area contributed by atoms with Crippen molar-refractivity contribution < 1.29 is 4.48 Å². The summed E-state index contributed by atoms with van der Waals surface area (Å²) in [5.74, 6) is 1.86. The third-order valence-electron chi connectivity index (χ3n) is 6.06. The van der Waals surface area contributed by atoms with E-state index in [0.29, 0.717) is 5.41 Å². The molecule has 3 rings (SSSR count). The lowest BCUT2D eigenvalue weighted by molar-refractivity contribution is -0.886. The lowest BCUT2D eigenvalue weighted by Crippen LogP contribution is -2.52. The van der Waals surface area contributed by atoms with Crippen LogP contribution in [0, 0.1) is 17.3 Å². The molecule has 0 aromatic carbocycles. The van der Waals surface area contributed by atoms with E-state index in [-0.39, 0.29) is 0 Å². The standard InChI is InChI=1S/C19H36N/c1-6-7-8-9-10-13-20(4,5)15-16-11-12-17-14-18(16)19(17,2)3/h11,17-18H,6-10,12-15H2,1-5H3/q+1/t17-,18+/m0/s1. The number of unbranched alkanes of at least 4 members (excludes halogenated alkanes) is 4. The fourth-order valence-corrected chi connectivity index (χ4v) is 4.37. The highest BCUT2D eigenvalue weighted by Crippen LogP contribution is 2.59. The average molecular weight is 279 g/mol. The van der Waals surface area contributed by atoms with Crippen LogP contribution < -0.4 is 0 Å². The summed E-state index contributed by atoms with van der Waals surface area (Å²) in [7, 11) is 4.86. The van der Waals surface area contributed by atoms with Gasteiger partial charge in [-0.3, -0.25) is 0 Å². The van der Waals surface area contributed by atoms with Gasteiger partial charge in [0.2, 0.25) is 0 Å². The van der Waals surface area contributed by atoms with Gasteiger partial charge in [-0.2, -0.15) is 0 Å². The predicted octanol–water partition coefficient (Wildman–Crippen LogP) is 5.03. The molecule has 0 aromatic heterocycles. The first kappa shape index (κ1) is 16.1. The van der Waals surface area contributed by atoms with E-state index in [4.69, 9.17) is 0 Å². The Morgan fingerprint density at radius 2 is 1.85 bits per heavy atom. The lowest BCUT2D eigenvalue weighted by Gasteiger charge is -2.57. The molecule has 116 valence electrons. The van der Waals surface area contributed by atoms with E-state index in [2.05, 4.69) is 40.9 Å². The highest BCUT2D eigenvalue weighted by molar-refractivity contribution is 5.23. The first-order valence-corrected chi connectivity index (χ1v) is 8.88. The van der Waals surface area contributed by atoms with Crippen LogP contribution in [-0.4, -0.2) is 31.7 Å². The third kappa shape index (κ3) is 3.47. The minimum absolute atomic E-state index is 0.589. The van der Waals surface area contributed by atoms with Crippen LogP contribution in [0.5, 0.6) is 0 Å². The fraction of sp³-hybridized carbons (Fsp3) is 0.895. The molecule has 2 bridgehead atoms. The molecule has 0 radical (unpaired) electrons. The Balaban J connectivity index is 1.78. The molecule has 3 aliphatic rings. The molecule has 0 amide bonds. The second kappa shape index (κ2) is 6.22. The Hall–Kier alpha value is -0.300. The molecule has 1 nitrogen and oxygen atoms in total. The van der Waals surface area contributed by atoms with Gasteiger partial charge in [0.15, 0.2) is 0 Å². The monoisotopic (exact) mass is 278 g/mol. The highest BCUT2D eigenvalue weighted by atomic mass is 15.3. The number of rotatable bonds is 8. The molecule has 0 heterocycles. The fourth-order valence-electron chi connectivity index (χ4n) is 4.37. The average Bonchev–Trinajstić information content (AvgIpc) is 2.37. The van der Waals surface area contributed by atoms with Gasteiger partial charge < -0.3 is 4.48 Å². The van der Waals surface area contributed by atoms with Crippen molar-refractivity contribution in [1.82, 2.24) is 0 Å². The van der Waals surface area contributed by atoms with E-state index < -0.39 is 0 Å². The quantitative estimate of drug-likeness (QED) is 0.332. The van der Waals surface area contributed by atoms with Crippen LogP contribution in [0.15, 0.2) is 11.6 Å². The molecule has 1 saturated carbocycles. The number of allylic oxidation sites excluding steroid dienone is 1. The smallest absolute Gasteiger partial charge is 0.100 e. The van der Waals surface area contributed by atoms with Gasteiger partial charge in [0.05, 0.1) is 20.6 Å². The molecule has 20 heavy (non-hydrogen) atoms. The van der Waals surface area contributed by atoms with Gasteiger partial charge in [-0.25, -0.2) is 0 Å². The Bertz CT molecular complexity index is 351. The molecule has 0 spiro atoms. The maximum absolute atomic E-state index is 2.58. The minimum atomic E-state index is 0.589. The third-order valence-corrected chi connectivity index (χ3v) is 6.06. The van der Waals surface area contributed by atoms with E-state index in [1.165, 1.54) is 62.5 Å². The maximum Gasteiger partial charge on any atom is 0.100 e. The Morgan fingerprint density at radius 3 is 2.45 bits per heavy atom. The van der Waals surface area contributed by atoms with E-state index in [1.807, 2.05) is 0 Å². The summed E-state index contributed by atoms with van der Waals surface area (Å²) in [4.78, 5) is 0. The van der Waals surface area contributed by atoms with Gasteiger partial charge in [0.25, 0.3) is 0 Å². The molecule has 2 atom stereocenters. The summed E-state index contributed by atoms with van der Waals surface area (Å²) in [5, 5.41) is 0. The van der Waals surface area contributed by atoms with Gasteiger partial charge in [-0.05, 0) is 48.5 Å². The van der Waals surface area contributed by atoms with Crippen molar-refractivity contribution in [2.24, 2.45) is 17.3 Å². The molecular formula is C19H36N+. The van der Waals surface area contributed by atoms with Crippen LogP contribution in [-0.2, 0) is 0 Å². The van der Waals surface area contributed by atoms with Crippen molar-refractivity contribution in [3.63, 3.8) is 0 Å². The Morgan fingerprint density at radius 1 is 1.15 bits per heavy atom. The normalized spacial score (nSPS) is 27.9. The Labute approximate surface area is 127 Å². The zero-order valence-electron chi connectivity index (χ0n) is 14.5. The number of fused-ring (bicyclic) bond motifs is 1. The van der Waals surface area contributed by atoms with Gasteiger partial charge in [0, 0.05) is 0 Å². The van der Waals surface area contributed by atoms with Crippen molar-refractivity contribution in [3.05, 3.63) is 11.6 Å². The zero-order valence-corrected chi connectivity index (χ0v) is 14.5. The van der Waals surface area contributed by atoms with Gasteiger partial charge in [0.1, 0.15) is 6.54 Å². The van der Waals surface area contributed by atoms with E-state index >= 15 is 0 Å². The van der Waals surface area contributed by atoms with Gasteiger partial charge >= 0.3 is 0 Å². The summed E-state index contributed by atoms with van der Waals surface area (Å²) < 4.78 is 1.19. The highest BCUT2D eigenvalue weighted by Gasteiger charge is 2.51. The number of likely N-dealkylation sites (N-methyl/N-ethyl adjacent to an activating group) is 1. The SMILES string of the molecule is CCCCCCC[N+](C)(C)CC1=CC[C@H]2C[C@H]1C2(C)C. The molecule has 1 fully saturated rings. The van der Waals surface area contributed by atoms with Crippen LogP contribution in [0.1, 0.15) is 65.7 Å². The van der Waals surface area contributed by atoms with E-state index in [9.17, 15) is 0 Å². The van der Waals surface area contributed by atoms with Crippen molar-refractivity contribution in [1.29, 1.82) is 0 Å². The van der Waals surface area contributed by atoms with Crippen LogP contribution in [0.4, 0.5) is 0 Å². The molecule has 0 saturated heterocycles. The molecule has 1 heteroatoms. The van der Waals surface area contributed by atoms with Crippen molar-refractivity contribution >= 4 is 0 Å². The van der Waals surface area contributed by atoms with Crippen LogP contribution >= 0.6 is 0 Å². The summed E-state index contributed by atoms with van der Waals surface area (Å²) in [5.41, 5.74) is 2.36. The first-order chi connectivity index (χ1) is 9.37. The van der Waals surface area contributed by atoms with Crippen LogP contribution in [0.3, 0.4) is 0 Å². The maximum atomic E-state index is 2.58. The summed E-state index contributed by atoms with van der Waals surface area (Å²) in [6, 6.07) is 0. The molecule has 0 aromatic rings. The summed E-state index contributed by atoms with van der Waals surface area (Å²) >= 11 is 0. The molecule has 3 aliphatic carbocycles. The number of hydrogen-bond donors (Lipinski definition) is 0. The number of hydrogen-bond acceptors (Lipinski definition) is 0. The van der Waals surface area contributed by atoms with E-state index in [0.717, 1.165) is 11.8 Å². The number of nitrogens with zero attached hydrogens (tertiary/aromatic N) is 1. The topological polar surface area (TPSA) is 0 Å².